The summed E-state index contributed by atoms with van der Waals surface area (Å²) >= 11 is 1.58. The molecule has 2 aromatic carbocycles. The number of hydrogen-bond donors (Lipinski definition) is 5. The van der Waals surface area contributed by atoms with Crippen LogP contribution in [0.3, 0.4) is 0 Å². The third kappa shape index (κ3) is 13.7. The molecule has 0 saturated carbocycles. The lowest BCUT2D eigenvalue weighted by Crippen LogP contribution is -2.57. The number of carbonyl (C=O) groups excluding carboxylic acids is 5. The van der Waals surface area contributed by atoms with Crippen molar-refractivity contribution in [3.63, 3.8) is 0 Å². The lowest BCUT2D eigenvalue weighted by Gasteiger charge is -2.35. The lowest BCUT2D eigenvalue weighted by atomic mass is 9.85. The molecule has 5 N–H and O–H groups in total. The first-order chi connectivity index (χ1) is 37.2. The quantitative estimate of drug-likeness (QED) is 0.0470. The Morgan fingerprint density at radius 3 is 2.18 bits per heavy atom. The highest BCUT2D eigenvalue weighted by molar-refractivity contribution is 7.13. The Balaban J connectivity index is 0.750. The van der Waals surface area contributed by atoms with E-state index in [9.17, 15) is 33.9 Å². The predicted octanol–water partition coefficient (Wildman–Crippen LogP) is 7.53. The van der Waals surface area contributed by atoms with Gasteiger partial charge in [0.05, 0.1) is 39.5 Å². The molecule has 0 aliphatic carbocycles. The lowest BCUT2D eigenvalue weighted by molar-refractivity contribution is -0.144. The van der Waals surface area contributed by atoms with Gasteiger partial charge in [0, 0.05) is 99.5 Å². The topological polar surface area (TPSA) is 228 Å². The number of piperazine rings is 1. The van der Waals surface area contributed by atoms with Gasteiger partial charge in [0.25, 0.3) is 11.5 Å². The van der Waals surface area contributed by atoms with Gasteiger partial charge >= 0.3 is 0 Å². The van der Waals surface area contributed by atoms with Crippen molar-refractivity contribution in [2.24, 2.45) is 5.41 Å². The highest BCUT2D eigenvalue weighted by atomic mass is 32.1. The number of carbonyl (C=O) groups is 5. The molecule has 6 aromatic rings. The van der Waals surface area contributed by atoms with Crippen LogP contribution >= 0.6 is 11.3 Å². The number of unbranched alkanes of at least 4 members (excludes halogenated alkanes) is 4. The van der Waals surface area contributed by atoms with Crippen molar-refractivity contribution in [3.8, 4) is 21.6 Å². The largest absolute Gasteiger partial charge is 0.391 e. The van der Waals surface area contributed by atoms with Gasteiger partial charge in [-0.1, -0.05) is 64.3 Å². The molecule has 19 heteroatoms. The summed E-state index contributed by atoms with van der Waals surface area (Å²) in [5, 5.41) is 24.8. The number of aliphatic hydroxyl groups excluding tert-OH is 1. The zero-order valence-electron chi connectivity index (χ0n) is 46.3. The molecule has 2 aliphatic rings. The van der Waals surface area contributed by atoms with Crippen LogP contribution in [0.25, 0.3) is 32.5 Å². The number of aromatic nitrogens is 5. The first-order valence-electron chi connectivity index (χ1n) is 27.3. The third-order valence-electron chi connectivity index (χ3n) is 14.9. The third-order valence-corrected chi connectivity index (χ3v) is 15.9. The average Bonchev–Trinajstić information content (AvgIpc) is 4.25. The first-order valence-corrected chi connectivity index (χ1v) is 28.2. The highest BCUT2D eigenvalue weighted by Crippen LogP contribution is 2.32. The number of β-amino-alcohol motifs (C(OH)–C–C–N with tert-alkyl or cyclic N) is 1. The summed E-state index contributed by atoms with van der Waals surface area (Å²) < 4.78 is 1.89. The van der Waals surface area contributed by atoms with Crippen molar-refractivity contribution >= 4 is 57.6 Å². The first kappa shape index (κ1) is 56.9. The Labute approximate surface area is 460 Å². The van der Waals surface area contributed by atoms with Crippen LogP contribution in [-0.2, 0) is 32.3 Å². The van der Waals surface area contributed by atoms with Crippen LogP contribution in [0.1, 0.15) is 130 Å². The summed E-state index contributed by atoms with van der Waals surface area (Å²) in [6, 6.07) is 15.9. The second-order valence-corrected chi connectivity index (χ2v) is 23.1. The van der Waals surface area contributed by atoms with Gasteiger partial charge in [-0.25, -0.2) is 9.97 Å². The fraction of sp³-hybridized carbons (Fsp3) is 0.475. The molecule has 78 heavy (non-hydrogen) atoms. The van der Waals surface area contributed by atoms with E-state index in [4.69, 9.17) is 4.98 Å². The molecule has 3 atom stereocenters. The summed E-state index contributed by atoms with van der Waals surface area (Å²) in [5.74, 6) is -0.348. The maximum absolute atomic E-state index is 14.1. The van der Waals surface area contributed by atoms with E-state index in [2.05, 4.69) is 35.9 Å². The number of rotatable bonds is 20. The summed E-state index contributed by atoms with van der Waals surface area (Å²) in [7, 11) is 0. The number of aryl methyl sites for hydroxylation is 3. The molecule has 0 unspecified atom stereocenters. The van der Waals surface area contributed by atoms with E-state index in [1.54, 1.807) is 17.5 Å². The van der Waals surface area contributed by atoms with Crippen molar-refractivity contribution < 1.29 is 29.1 Å². The molecule has 2 saturated heterocycles. The number of nitrogens with zero attached hydrogens (tertiary/aromatic N) is 7. The molecule has 18 nitrogen and oxygen atoms in total. The SMILES string of the molecule is Cc1cc(C)c(CNC(=O)c2cc(-c3ccc(N4CCN(C(=O)CCCCCCCC(=O)N[C@H](C(=O)N5C[C@H](O)C[C@H]5C(=O)NCc5ccc(-c6scnc6C)cc5)C(C)(C)C)CC4)nc3)cc3c2cnn3C(C)C)c(=O)[nH]1. The standard InChI is InChI=1S/C59H75N11O7S/c1-36(2)70-48-28-43(27-45(47(48)33-64-70)55(74)62-32-46-37(3)26-38(4)65-56(46)75)42-20-21-50(60-31-42)67-22-24-68(25-23-67)52(73)15-13-11-9-10-12-14-51(72)66-54(59(6,7)8)58(77)69-34-44(71)29-49(69)57(76)61-30-40-16-18-41(19-17-40)53-39(5)63-35-78-53/h16-21,26-28,31,33,35-36,44,49,54,71H,9-15,22-25,29-30,32,34H2,1-8H3,(H,61,76)(H,62,74)(H,65,75)(H,66,72)/t44-,49+,54-/m1/s1. The van der Waals surface area contributed by atoms with Gasteiger partial charge in [0.15, 0.2) is 0 Å². The number of nitrogens with one attached hydrogen (secondary N) is 4. The van der Waals surface area contributed by atoms with Crippen LogP contribution in [0, 0.1) is 26.2 Å². The maximum atomic E-state index is 14.1. The van der Waals surface area contributed by atoms with Crippen molar-refractivity contribution in [1.29, 1.82) is 0 Å². The van der Waals surface area contributed by atoms with Gasteiger partial charge in [-0.15, -0.1) is 11.3 Å². The number of aliphatic hydroxyl groups is 1. The number of thiazole rings is 1. The van der Waals surface area contributed by atoms with Crippen LogP contribution in [0.15, 0.2) is 77.3 Å². The van der Waals surface area contributed by atoms with E-state index >= 15 is 0 Å². The maximum Gasteiger partial charge on any atom is 0.253 e. The van der Waals surface area contributed by atoms with Crippen molar-refractivity contribution in [3.05, 3.63) is 116 Å². The number of H-pyrrole nitrogens is 1. The van der Waals surface area contributed by atoms with Crippen LogP contribution in [-0.4, -0.2) is 120 Å². The summed E-state index contributed by atoms with van der Waals surface area (Å²) in [4.78, 5) is 99.2. The molecular formula is C59H75N11O7S. The number of aromatic amines is 1. The number of pyridine rings is 2. The number of fused-ring (bicyclic) bond motifs is 1. The second-order valence-electron chi connectivity index (χ2n) is 22.2. The normalized spacial score (nSPS) is 16.2. The van der Waals surface area contributed by atoms with Crippen LogP contribution in [0.4, 0.5) is 5.82 Å². The molecule has 2 fully saturated rings. The number of likely N-dealkylation sites (tertiary alicyclic amines) is 1. The molecule has 5 amide bonds. The smallest absolute Gasteiger partial charge is 0.253 e. The summed E-state index contributed by atoms with van der Waals surface area (Å²) in [6.07, 6.45) is 7.41. The number of amides is 5. The number of hydrogen-bond acceptors (Lipinski definition) is 12. The highest BCUT2D eigenvalue weighted by Gasteiger charge is 2.44. The zero-order valence-corrected chi connectivity index (χ0v) is 47.1. The van der Waals surface area contributed by atoms with Crippen molar-refractivity contribution in [1.82, 2.24) is 50.5 Å². The Hall–Kier alpha value is -7.25. The van der Waals surface area contributed by atoms with Gasteiger partial charge in [0.2, 0.25) is 23.6 Å². The molecule has 0 spiro atoms. The molecule has 6 heterocycles. The Kier molecular flexibility index (Phi) is 18.3. The van der Waals surface area contributed by atoms with Gasteiger partial charge in [-0.3, -0.25) is 33.4 Å². The van der Waals surface area contributed by atoms with Gasteiger partial charge in [-0.2, -0.15) is 5.10 Å². The van der Waals surface area contributed by atoms with Crippen LogP contribution in [0.2, 0.25) is 0 Å². The fourth-order valence-corrected chi connectivity index (χ4v) is 11.3. The molecule has 0 radical (unpaired) electrons. The number of benzene rings is 2. The van der Waals surface area contributed by atoms with E-state index in [1.807, 2.05) is 131 Å². The molecular weight excluding hydrogens is 1010 g/mol. The minimum Gasteiger partial charge on any atom is -0.391 e. The molecule has 4 aromatic heterocycles. The van der Waals surface area contributed by atoms with Gasteiger partial charge in [-0.05, 0) is 105 Å². The minimum absolute atomic E-state index is 0.00904. The molecule has 2 aliphatic heterocycles. The van der Waals surface area contributed by atoms with Gasteiger partial charge in [0.1, 0.15) is 17.9 Å². The van der Waals surface area contributed by atoms with Crippen molar-refractivity contribution in [2.75, 3.05) is 37.6 Å². The summed E-state index contributed by atoms with van der Waals surface area (Å²) in [5.41, 5.74) is 8.88. The van der Waals surface area contributed by atoms with E-state index in [1.165, 1.54) is 4.90 Å². The van der Waals surface area contributed by atoms with E-state index in [0.29, 0.717) is 55.5 Å². The predicted molar refractivity (Wildman–Crippen MR) is 304 cm³/mol. The number of anilines is 1. The van der Waals surface area contributed by atoms with Gasteiger partial charge < -0.3 is 40.7 Å². The summed E-state index contributed by atoms with van der Waals surface area (Å²) in [6.45, 7) is 18.2. The molecule has 0 bridgehead atoms. The zero-order chi connectivity index (χ0) is 55.8. The average molecular weight is 1080 g/mol. The Morgan fingerprint density at radius 2 is 1.53 bits per heavy atom. The second kappa shape index (κ2) is 25.0. The fourth-order valence-electron chi connectivity index (χ4n) is 10.5. The molecule has 414 valence electrons. The van der Waals surface area contributed by atoms with E-state index in [0.717, 1.165) is 81.1 Å². The molecule has 8 rings (SSSR count). The monoisotopic (exact) mass is 1080 g/mol. The van der Waals surface area contributed by atoms with E-state index < -0.39 is 23.6 Å². The van der Waals surface area contributed by atoms with Crippen LogP contribution in [0.5, 0.6) is 0 Å². The minimum atomic E-state index is -0.890. The van der Waals surface area contributed by atoms with Crippen LogP contribution < -0.4 is 26.4 Å². The Bertz CT molecular complexity index is 3170. The van der Waals surface area contributed by atoms with E-state index in [-0.39, 0.29) is 73.6 Å². The Morgan fingerprint density at radius 1 is 0.821 bits per heavy atom. The van der Waals surface area contributed by atoms with Crippen molar-refractivity contribution in [2.45, 2.75) is 144 Å².